The molecule has 1 aromatic rings. The van der Waals surface area contributed by atoms with Crippen molar-refractivity contribution in [3.05, 3.63) is 11.9 Å². The molecule has 0 radical (unpaired) electrons. The highest BCUT2D eigenvalue weighted by Gasteiger charge is 2.18. The number of methoxy groups -OCH3 is 1. The smallest absolute Gasteiger partial charge is 0.158 e. The third-order valence-electron chi connectivity index (χ3n) is 3.50. The molecule has 1 saturated heterocycles. The van der Waals surface area contributed by atoms with E-state index in [0.29, 0.717) is 6.61 Å². The molecule has 0 amide bonds. The summed E-state index contributed by atoms with van der Waals surface area (Å²) < 4.78 is 5.15. The topological polar surface area (TPSA) is 50.3 Å². The van der Waals surface area contributed by atoms with Crippen LogP contribution in [0.1, 0.15) is 32.5 Å². The molecule has 19 heavy (non-hydrogen) atoms. The van der Waals surface area contributed by atoms with Crippen LogP contribution >= 0.6 is 0 Å². The molecule has 0 saturated carbocycles. The van der Waals surface area contributed by atoms with Gasteiger partial charge in [0, 0.05) is 32.8 Å². The Morgan fingerprint density at radius 1 is 1.37 bits per heavy atom. The molecular formula is C14H24N4O. The van der Waals surface area contributed by atoms with Gasteiger partial charge in [0.2, 0.25) is 0 Å². The van der Waals surface area contributed by atoms with Gasteiger partial charge in [0.25, 0.3) is 0 Å². The molecule has 0 unspecified atom stereocenters. The first-order valence-electron chi connectivity index (χ1n) is 7.08. The van der Waals surface area contributed by atoms with Gasteiger partial charge in [0.15, 0.2) is 5.82 Å². The number of nitrogens with one attached hydrogen (secondary N) is 1. The van der Waals surface area contributed by atoms with Gasteiger partial charge in [0.1, 0.15) is 18.2 Å². The zero-order valence-electron chi connectivity index (χ0n) is 12.1. The Hall–Kier alpha value is -1.36. The van der Waals surface area contributed by atoms with Gasteiger partial charge >= 0.3 is 0 Å². The Kier molecular flexibility index (Phi) is 4.96. The molecule has 5 heteroatoms. The molecule has 1 aliphatic rings. The molecule has 1 fully saturated rings. The van der Waals surface area contributed by atoms with Crippen LogP contribution in [0.2, 0.25) is 0 Å². The lowest BCUT2D eigenvalue weighted by Gasteiger charge is -2.31. The second-order valence-corrected chi connectivity index (χ2v) is 5.16. The zero-order valence-corrected chi connectivity index (χ0v) is 12.1. The number of ether oxygens (including phenoxy) is 1. The van der Waals surface area contributed by atoms with Crippen LogP contribution in [0.3, 0.4) is 0 Å². The van der Waals surface area contributed by atoms with Gasteiger partial charge in [0.05, 0.1) is 0 Å². The number of nitrogens with zero attached hydrogens (tertiary/aromatic N) is 3. The molecule has 2 heterocycles. The van der Waals surface area contributed by atoms with Crippen molar-refractivity contribution < 1.29 is 4.74 Å². The van der Waals surface area contributed by atoms with Crippen LogP contribution in [-0.4, -0.2) is 36.7 Å². The highest BCUT2D eigenvalue weighted by atomic mass is 16.5. The van der Waals surface area contributed by atoms with Gasteiger partial charge in [-0.2, -0.15) is 0 Å². The highest BCUT2D eigenvalue weighted by molar-refractivity contribution is 5.49. The van der Waals surface area contributed by atoms with E-state index in [-0.39, 0.29) is 0 Å². The molecule has 0 atom stereocenters. The Labute approximate surface area is 115 Å². The van der Waals surface area contributed by atoms with Gasteiger partial charge in [-0.1, -0.05) is 6.92 Å². The van der Waals surface area contributed by atoms with Crippen LogP contribution in [-0.2, 0) is 11.3 Å². The first-order chi connectivity index (χ1) is 9.22. The molecule has 1 N–H and O–H groups in total. The van der Waals surface area contributed by atoms with Crippen molar-refractivity contribution >= 4 is 11.6 Å². The molecular weight excluding hydrogens is 240 g/mol. The highest BCUT2D eigenvalue weighted by Crippen LogP contribution is 2.23. The van der Waals surface area contributed by atoms with Crippen molar-refractivity contribution in [3.8, 4) is 0 Å². The summed E-state index contributed by atoms with van der Waals surface area (Å²) in [4.78, 5) is 11.4. The fourth-order valence-corrected chi connectivity index (χ4v) is 2.35. The number of aromatic nitrogens is 2. The minimum Gasteiger partial charge on any atom is -0.377 e. The lowest BCUT2D eigenvalue weighted by atomic mass is 9.99. The van der Waals surface area contributed by atoms with Gasteiger partial charge in [-0.3, -0.25) is 0 Å². The summed E-state index contributed by atoms with van der Waals surface area (Å²) in [7, 11) is 1.67. The van der Waals surface area contributed by atoms with Gasteiger partial charge in [-0.15, -0.1) is 0 Å². The van der Waals surface area contributed by atoms with E-state index in [4.69, 9.17) is 4.74 Å². The summed E-state index contributed by atoms with van der Waals surface area (Å²) in [5.41, 5.74) is 0. The monoisotopic (exact) mass is 264 g/mol. The van der Waals surface area contributed by atoms with E-state index < -0.39 is 0 Å². The van der Waals surface area contributed by atoms with Crippen molar-refractivity contribution in [3.63, 3.8) is 0 Å². The van der Waals surface area contributed by atoms with E-state index in [1.807, 2.05) is 6.07 Å². The van der Waals surface area contributed by atoms with Crippen LogP contribution in [0, 0.1) is 5.92 Å². The van der Waals surface area contributed by atoms with Crippen molar-refractivity contribution in [1.29, 1.82) is 0 Å². The SMILES string of the molecule is CCNc1cc(N2CCC(C)CC2)nc(COC)n1. The quantitative estimate of drug-likeness (QED) is 0.884. The molecule has 5 nitrogen and oxygen atoms in total. The normalized spacial score (nSPS) is 16.7. The lowest BCUT2D eigenvalue weighted by Crippen LogP contribution is -2.33. The summed E-state index contributed by atoms with van der Waals surface area (Å²) in [6, 6.07) is 2.04. The number of hydrogen-bond acceptors (Lipinski definition) is 5. The average molecular weight is 264 g/mol. The second kappa shape index (κ2) is 6.70. The zero-order chi connectivity index (χ0) is 13.7. The lowest BCUT2D eigenvalue weighted by molar-refractivity contribution is 0.178. The summed E-state index contributed by atoms with van der Waals surface area (Å²) in [6.07, 6.45) is 2.47. The fraction of sp³-hybridized carbons (Fsp3) is 0.714. The maximum atomic E-state index is 5.15. The first-order valence-corrected chi connectivity index (χ1v) is 7.08. The summed E-state index contributed by atoms with van der Waals surface area (Å²) in [5, 5.41) is 3.26. The molecule has 0 aliphatic carbocycles. The predicted molar refractivity (Wildman–Crippen MR) is 77.5 cm³/mol. The van der Waals surface area contributed by atoms with Crippen molar-refractivity contribution in [1.82, 2.24) is 9.97 Å². The second-order valence-electron chi connectivity index (χ2n) is 5.16. The fourth-order valence-electron chi connectivity index (χ4n) is 2.35. The van der Waals surface area contributed by atoms with Crippen LogP contribution < -0.4 is 10.2 Å². The van der Waals surface area contributed by atoms with Gasteiger partial charge in [-0.25, -0.2) is 9.97 Å². The third-order valence-corrected chi connectivity index (χ3v) is 3.50. The van der Waals surface area contributed by atoms with Crippen molar-refractivity contribution in [2.24, 2.45) is 5.92 Å². The van der Waals surface area contributed by atoms with Crippen LogP contribution in [0.4, 0.5) is 11.6 Å². The average Bonchev–Trinajstić information content (AvgIpc) is 2.40. The number of hydrogen-bond donors (Lipinski definition) is 1. The molecule has 0 aromatic carbocycles. The predicted octanol–water partition coefficient (Wildman–Crippen LogP) is 2.29. The largest absolute Gasteiger partial charge is 0.377 e. The molecule has 106 valence electrons. The van der Waals surface area contributed by atoms with E-state index in [1.54, 1.807) is 7.11 Å². The van der Waals surface area contributed by atoms with E-state index in [9.17, 15) is 0 Å². The summed E-state index contributed by atoms with van der Waals surface area (Å²) in [5.74, 6) is 3.47. The summed E-state index contributed by atoms with van der Waals surface area (Å²) >= 11 is 0. The summed E-state index contributed by atoms with van der Waals surface area (Å²) in [6.45, 7) is 7.86. The van der Waals surface area contributed by atoms with Gasteiger partial charge < -0.3 is 15.0 Å². The Bertz CT molecular complexity index is 378. The minimum atomic E-state index is 0.455. The Morgan fingerprint density at radius 2 is 2.11 bits per heavy atom. The van der Waals surface area contributed by atoms with E-state index >= 15 is 0 Å². The molecule has 2 rings (SSSR count). The van der Waals surface area contributed by atoms with E-state index in [1.165, 1.54) is 12.8 Å². The number of piperidine rings is 1. The Morgan fingerprint density at radius 3 is 2.74 bits per heavy atom. The molecule has 1 aromatic heterocycles. The molecule has 1 aliphatic heterocycles. The van der Waals surface area contributed by atoms with Crippen LogP contribution in [0.5, 0.6) is 0 Å². The van der Waals surface area contributed by atoms with E-state index in [0.717, 1.165) is 43.0 Å². The van der Waals surface area contributed by atoms with Crippen LogP contribution in [0.15, 0.2) is 6.07 Å². The first kappa shape index (κ1) is 14.1. The molecule has 0 bridgehead atoms. The minimum absolute atomic E-state index is 0.455. The van der Waals surface area contributed by atoms with Gasteiger partial charge in [-0.05, 0) is 25.7 Å². The number of anilines is 2. The van der Waals surface area contributed by atoms with E-state index in [2.05, 4.69) is 34.0 Å². The Balaban J connectivity index is 2.17. The molecule has 0 spiro atoms. The number of rotatable bonds is 5. The maximum absolute atomic E-state index is 5.15. The van der Waals surface area contributed by atoms with Crippen LogP contribution in [0.25, 0.3) is 0 Å². The van der Waals surface area contributed by atoms with Crippen molar-refractivity contribution in [2.45, 2.75) is 33.3 Å². The maximum Gasteiger partial charge on any atom is 0.158 e. The third kappa shape index (κ3) is 3.80. The standard InChI is InChI=1S/C14H24N4O/c1-4-15-12-9-14(17-13(16-12)10-19-3)18-7-5-11(2)6-8-18/h9,11H,4-8,10H2,1-3H3,(H,15,16,17). The van der Waals surface area contributed by atoms with Crippen molar-refractivity contribution in [2.75, 3.05) is 37.0 Å².